The Kier molecular flexibility index (Phi) is 18.6. The summed E-state index contributed by atoms with van der Waals surface area (Å²) < 4.78 is 22.7. The van der Waals surface area contributed by atoms with Gasteiger partial charge in [-0.2, -0.15) is 0 Å². The van der Waals surface area contributed by atoms with E-state index in [4.69, 9.17) is 37.9 Å². The Balaban J connectivity index is -0.0000000480. The summed E-state index contributed by atoms with van der Waals surface area (Å²) in [5.74, 6) is 0. The van der Waals surface area contributed by atoms with Gasteiger partial charge in [0.25, 0.3) is 0 Å². The van der Waals surface area contributed by atoms with E-state index in [0.29, 0.717) is 0 Å². The van der Waals surface area contributed by atoms with Gasteiger partial charge in [-0.25, -0.2) is 0 Å². The van der Waals surface area contributed by atoms with E-state index in [1.165, 1.54) is 6.92 Å². The zero-order valence-electron chi connectivity index (χ0n) is 12.4. The molecule has 0 aromatic rings. The Hall–Kier alpha value is 3.88. The van der Waals surface area contributed by atoms with Crippen molar-refractivity contribution in [3.63, 3.8) is 0 Å². The minimum absolute atomic E-state index is 0. The maximum Gasteiger partial charge on any atom is 1.00 e. The van der Waals surface area contributed by atoms with Gasteiger partial charge < -0.3 is 23.5 Å². The molecule has 0 aliphatic rings. The maximum absolute atomic E-state index is 11.1. The number of halogens is 2. The molecule has 86 valence electrons. The van der Waals surface area contributed by atoms with Crippen LogP contribution in [0.3, 0.4) is 0 Å². The van der Waals surface area contributed by atoms with E-state index in [9.17, 15) is 9.13 Å². The quantitative estimate of drug-likeness (QED) is 0.266. The van der Waals surface area contributed by atoms with Crippen LogP contribution in [0.25, 0.3) is 0 Å². The fraction of sp³-hybridized carbons (Fsp3) is 1.00. The Morgan fingerprint density at radius 2 is 1.50 bits per heavy atom. The van der Waals surface area contributed by atoms with E-state index >= 15 is 0 Å². The van der Waals surface area contributed by atoms with Crippen LogP contribution < -0.4 is 88.7 Å². The van der Waals surface area contributed by atoms with Crippen molar-refractivity contribution in [1.82, 2.24) is 0 Å². The topological polar surface area (TPSA) is 104 Å². The molecule has 0 radical (unpaired) electrons. The molecule has 3 N–H and O–H groups in total. The summed E-state index contributed by atoms with van der Waals surface area (Å²) in [6.45, 7) is 1.11. The van der Waals surface area contributed by atoms with Crippen LogP contribution in [0.2, 0.25) is 0 Å². The van der Waals surface area contributed by atoms with Crippen LogP contribution in [-0.4, -0.2) is 25.1 Å². The van der Waals surface area contributed by atoms with Gasteiger partial charge in [-0.1, -0.05) is 23.2 Å². The average molecular weight is 345 g/mol. The Morgan fingerprint density at radius 1 is 1.19 bits per heavy atom. The molecule has 0 fully saturated rings. The number of hydrogen-bond acceptors (Lipinski definition) is 3. The first-order chi connectivity index (χ1) is 5.56. The van der Waals surface area contributed by atoms with Crippen molar-refractivity contribution >= 4 is 38.4 Å². The predicted octanol–water partition coefficient (Wildman–Crippen LogP) is -7.18. The van der Waals surface area contributed by atoms with Gasteiger partial charge in [0.1, 0.15) is 0 Å². The van der Waals surface area contributed by atoms with Crippen LogP contribution in [0, 0.1) is 0 Å². The first-order valence-electron chi connectivity index (χ1n) is 2.97. The Morgan fingerprint density at radius 3 is 1.69 bits per heavy atom. The predicted molar refractivity (Wildman–Crippen MR) is 51.3 cm³/mol. The molecule has 6 nitrogen and oxygen atoms in total. The molecule has 0 saturated carbocycles. The number of rotatable bonds is 4. The molecule has 0 saturated heterocycles. The molecule has 13 heteroatoms. The second-order valence-corrected chi connectivity index (χ2v) is 8.45. The number of alkyl halides is 2. The van der Waals surface area contributed by atoms with E-state index in [1.807, 2.05) is 0 Å². The zero-order valence-corrected chi connectivity index (χ0v) is 18.7. The van der Waals surface area contributed by atoms with Crippen molar-refractivity contribution in [1.29, 1.82) is 0 Å². The SMILES string of the molecule is CCOP(=O)(O)C(Cl)(Cl)P(=O)(O)O.[H-].[H-].[H-].[Na+].[Na+].[Na+]. The second kappa shape index (κ2) is 10.6. The van der Waals surface area contributed by atoms with Crippen molar-refractivity contribution in [3.05, 3.63) is 0 Å². The van der Waals surface area contributed by atoms with Crippen molar-refractivity contribution in [3.8, 4) is 0 Å². The second-order valence-electron chi connectivity index (χ2n) is 1.99. The molecule has 0 rings (SSSR count). The molecule has 16 heavy (non-hydrogen) atoms. The zero-order chi connectivity index (χ0) is 10.9. The van der Waals surface area contributed by atoms with Gasteiger partial charge in [0.15, 0.2) is 0 Å². The van der Waals surface area contributed by atoms with Crippen LogP contribution in [0.5, 0.6) is 0 Å². The first-order valence-corrected chi connectivity index (χ1v) is 6.91. The van der Waals surface area contributed by atoms with Crippen molar-refractivity contribution in [2.75, 3.05) is 6.61 Å². The molecule has 0 aromatic heterocycles. The minimum Gasteiger partial charge on any atom is -1.00 e. The molecule has 0 heterocycles. The molecule has 1 unspecified atom stereocenters. The van der Waals surface area contributed by atoms with Crippen molar-refractivity contribution in [2.45, 2.75) is 10.7 Å². The van der Waals surface area contributed by atoms with Crippen LogP contribution in [-0.2, 0) is 13.7 Å². The summed E-state index contributed by atoms with van der Waals surface area (Å²) in [6, 6.07) is 0. The van der Waals surface area contributed by atoms with Gasteiger partial charge in [-0.05, 0) is 6.92 Å². The Labute approximate surface area is 174 Å². The monoisotopic (exact) mass is 344 g/mol. The third-order valence-corrected chi connectivity index (χ3v) is 7.13. The van der Waals surface area contributed by atoms with Gasteiger partial charge in [0.05, 0.1) is 6.61 Å². The summed E-state index contributed by atoms with van der Waals surface area (Å²) in [7, 11) is -9.88. The largest absolute Gasteiger partial charge is 1.00 e. The number of hydrogen-bond donors (Lipinski definition) is 3. The van der Waals surface area contributed by atoms with Crippen LogP contribution >= 0.6 is 38.4 Å². The van der Waals surface area contributed by atoms with Crippen molar-refractivity contribution < 1.29 is 121 Å². The summed E-state index contributed by atoms with van der Waals surface area (Å²) in [4.78, 5) is 26.0. The standard InChI is InChI=1S/C3H8Cl2O6P2.3Na.3H/c1-2-11-13(9,10)3(4,5)12(6,7)8;;;;;;/h2H2,1H3,(H,9,10)(H2,6,7,8);;;;;;/q;3*+1;3*-1. The third kappa shape index (κ3) is 7.61. The summed E-state index contributed by atoms with van der Waals surface area (Å²) in [6.07, 6.45) is 0. The van der Waals surface area contributed by atoms with E-state index < -0.39 is 19.0 Å². The summed E-state index contributed by atoms with van der Waals surface area (Å²) in [5, 5.41) is 0. The molecule has 0 aliphatic carbocycles. The normalized spacial score (nSPS) is 14.9. The van der Waals surface area contributed by atoms with E-state index in [1.54, 1.807) is 0 Å². The van der Waals surface area contributed by atoms with Gasteiger partial charge in [0, 0.05) is 0 Å². The van der Waals surface area contributed by atoms with Gasteiger partial charge in [0.2, 0.25) is 0 Å². The van der Waals surface area contributed by atoms with E-state index in [0.717, 1.165) is 0 Å². The van der Waals surface area contributed by atoms with Gasteiger partial charge in [-0.15, -0.1) is 0 Å². The molecule has 0 aromatic carbocycles. The molecule has 0 amide bonds. The molecule has 1 atom stereocenters. The maximum atomic E-state index is 11.1. The van der Waals surface area contributed by atoms with Crippen LogP contribution in [0.15, 0.2) is 0 Å². The van der Waals surface area contributed by atoms with Crippen LogP contribution in [0.1, 0.15) is 11.2 Å². The van der Waals surface area contributed by atoms with Gasteiger partial charge in [-0.3, -0.25) is 9.13 Å². The Bertz CT molecular complexity index is 294. The van der Waals surface area contributed by atoms with E-state index in [2.05, 4.69) is 4.52 Å². The fourth-order valence-corrected chi connectivity index (χ4v) is 2.71. The molecule has 0 spiro atoms. The van der Waals surface area contributed by atoms with Crippen LogP contribution in [0.4, 0.5) is 0 Å². The summed E-state index contributed by atoms with van der Waals surface area (Å²) >= 11 is 10.1. The average Bonchev–Trinajstić information content (AvgIpc) is 1.84. The third-order valence-electron chi connectivity index (χ3n) is 0.995. The first kappa shape index (κ1) is 28.1. The summed E-state index contributed by atoms with van der Waals surface area (Å²) in [5.41, 5.74) is 0. The van der Waals surface area contributed by atoms with E-state index in [-0.39, 0.29) is 99.6 Å². The van der Waals surface area contributed by atoms with Crippen molar-refractivity contribution in [2.24, 2.45) is 0 Å². The molecular formula is C3H11Cl2Na3O6P2. The molecule has 0 bridgehead atoms. The molecule has 0 aliphatic heterocycles. The molecular weight excluding hydrogens is 334 g/mol. The van der Waals surface area contributed by atoms with Gasteiger partial charge >= 0.3 is 108 Å². The smallest absolute Gasteiger partial charge is 1.00 e. The fourth-order valence-electron chi connectivity index (χ4n) is 0.417. The minimum atomic E-state index is -5.13.